The van der Waals surface area contributed by atoms with Crippen LogP contribution in [-0.4, -0.2) is 43.5 Å². The summed E-state index contributed by atoms with van der Waals surface area (Å²) in [6.07, 6.45) is 1.80. The number of benzene rings is 1. The summed E-state index contributed by atoms with van der Waals surface area (Å²) in [6.45, 7) is 4.08. The first-order valence-electron chi connectivity index (χ1n) is 7.79. The van der Waals surface area contributed by atoms with Crippen LogP contribution in [0.5, 0.6) is 0 Å². The van der Waals surface area contributed by atoms with E-state index in [9.17, 15) is 14.4 Å². The van der Waals surface area contributed by atoms with Crippen LogP contribution in [0.1, 0.15) is 37.0 Å². The van der Waals surface area contributed by atoms with Gasteiger partial charge in [-0.2, -0.15) is 0 Å². The third-order valence-corrected chi connectivity index (χ3v) is 3.83. The van der Waals surface area contributed by atoms with Gasteiger partial charge in [0.25, 0.3) is 0 Å². The molecule has 1 aliphatic heterocycles. The van der Waals surface area contributed by atoms with Gasteiger partial charge in [0.2, 0.25) is 0 Å². The van der Waals surface area contributed by atoms with E-state index in [-0.39, 0.29) is 25.2 Å². The molecule has 1 fully saturated rings. The Bertz CT molecular complexity index is 543. The molecule has 1 aromatic carbocycles. The molecule has 1 aliphatic rings. The Morgan fingerprint density at radius 2 is 1.52 bits per heavy atom. The Hall–Kier alpha value is -2.37. The van der Waals surface area contributed by atoms with Gasteiger partial charge in [0, 0.05) is 11.3 Å². The molecule has 0 aromatic heterocycles. The quantitative estimate of drug-likeness (QED) is 0.589. The lowest BCUT2D eigenvalue weighted by Gasteiger charge is -2.30. The first-order valence-corrected chi connectivity index (χ1v) is 7.79. The highest BCUT2D eigenvalue weighted by Gasteiger charge is 2.43. The van der Waals surface area contributed by atoms with E-state index in [0.29, 0.717) is 24.1 Å². The maximum absolute atomic E-state index is 12.2. The number of nitrogens with zero attached hydrogens (tertiary/aromatic N) is 1. The van der Waals surface area contributed by atoms with Crippen molar-refractivity contribution in [3.8, 4) is 0 Å². The molecular formula is C17H21NO5. The van der Waals surface area contributed by atoms with Gasteiger partial charge in [-0.15, -0.1) is 0 Å². The number of carbonyl (C=O) groups excluding carboxylic acids is 3. The van der Waals surface area contributed by atoms with Crippen LogP contribution in [0, 0.1) is 0 Å². The number of esters is 2. The van der Waals surface area contributed by atoms with Gasteiger partial charge >= 0.3 is 11.9 Å². The molecule has 2 rings (SSSR count). The van der Waals surface area contributed by atoms with E-state index in [1.807, 2.05) is 0 Å². The standard InChI is InChI=1S/C17H21NO5/c1-3-22-16(20)14-9-10-15(17(21)23-4-2)18(14)13-7-5-12(11-19)6-8-13/h5-8,11,14-15H,3-4,9-10H2,1-2H3/t14-,15-/m0/s1. The second-order valence-electron chi connectivity index (χ2n) is 5.23. The number of ether oxygens (including phenoxy) is 2. The highest BCUT2D eigenvalue weighted by atomic mass is 16.5. The molecule has 2 atom stereocenters. The Morgan fingerprint density at radius 1 is 1.04 bits per heavy atom. The minimum Gasteiger partial charge on any atom is -0.464 e. The summed E-state index contributed by atoms with van der Waals surface area (Å²) in [5, 5.41) is 0. The number of hydrogen-bond acceptors (Lipinski definition) is 6. The lowest BCUT2D eigenvalue weighted by atomic mass is 10.1. The molecule has 0 amide bonds. The fourth-order valence-corrected chi connectivity index (χ4v) is 2.84. The third-order valence-electron chi connectivity index (χ3n) is 3.83. The van der Waals surface area contributed by atoms with Crippen molar-refractivity contribution >= 4 is 23.9 Å². The van der Waals surface area contributed by atoms with Crippen LogP contribution in [0.4, 0.5) is 5.69 Å². The van der Waals surface area contributed by atoms with Crippen LogP contribution in [0.15, 0.2) is 24.3 Å². The normalized spacial score (nSPS) is 20.2. The molecule has 0 N–H and O–H groups in total. The number of rotatable bonds is 6. The number of anilines is 1. The largest absolute Gasteiger partial charge is 0.464 e. The summed E-state index contributed by atoms with van der Waals surface area (Å²) in [7, 11) is 0. The van der Waals surface area contributed by atoms with Crippen molar-refractivity contribution in [2.24, 2.45) is 0 Å². The molecule has 0 unspecified atom stereocenters. The van der Waals surface area contributed by atoms with Gasteiger partial charge in [0.15, 0.2) is 0 Å². The van der Waals surface area contributed by atoms with Crippen LogP contribution < -0.4 is 4.90 Å². The van der Waals surface area contributed by atoms with Crippen molar-refractivity contribution in [3.63, 3.8) is 0 Å². The Labute approximate surface area is 135 Å². The summed E-state index contributed by atoms with van der Waals surface area (Å²) < 4.78 is 10.2. The van der Waals surface area contributed by atoms with Crippen LogP contribution >= 0.6 is 0 Å². The summed E-state index contributed by atoms with van der Waals surface area (Å²) in [4.78, 5) is 36.9. The molecule has 6 heteroatoms. The molecule has 1 saturated heterocycles. The van der Waals surface area contributed by atoms with Gasteiger partial charge in [-0.05, 0) is 51.0 Å². The molecular weight excluding hydrogens is 298 g/mol. The molecule has 6 nitrogen and oxygen atoms in total. The van der Waals surface area contributed by atoms with Crippen molar-refractivity contribution in [2.75, 3.05) is 18.1 Å². The molecule has 0 aliphatic carbocycles. The zero-order chi connectivity index (χ0) is 16.8. The van der Waals surface area contributed by atoms with Gasteiger partial charge in [0.1, 0.15) is 18.4 Å². The van der Waals surface area contributed by atoms with E-state index < -0.39 is 12.1 Å². The number of carbonyl (C=O) groups is 3. The van der Waals surface area contributed by atoms with E-state index in [4.69, 9.17) is 9.47 Å². The van der Waals surface area contributed by atoms with Crippen molar-refractivity contribution in [1.29, 1.82) is 0 Å². The first kappa shape index (κ1) is 17.0. The monoisotopic (exact) mass is 319 g/mol. The molecule has 1 aromatic rings. The Morgan fingerprint density at radius 3 is 1.91 bits per heavy atom. The van der Waals surface area contributed by atoms with Gasteiger partial charge in [-0.1, -0.05) is 0 Å². The molecule has 1 heterocycles. The topological polar surface area (TPSA) is 72.9 Å². The van der Waals surface area contributed by atoms with Crippen molar-refractivity contribution < 1.29 is 23.9 Å². The van der Waals surface area contributed by atoms with Crippen molar-refractivity contribution in [3.05, 3.63) is 29.8 Å². The van der Waals surface area contributed by atoms with Gasteiger partial charge < -0.3 is 14.4 Å². The summed E-state index contributed by atoms with van der Waals surface area (Å²) in [5.41, 5.74) is 1.23. The van der Waals surface area contributed by atoms with E-state index in [2.05, 4.69) is 0 Å². The predicted octanol–water partition coefficient (Wildman–Crippen LogP) is 1.96. The lowest BCUT2D eigenvalue weighted by Crippen LogP contribution is -2.45. The summed E-state index contributed by atoms with van der Waals surface area (Å²) >= 11 is 0. The van der Waals surface area contributed by atoms with Crippen molar-refractivity contribution in [2.45, 2.75) is 38.8 Å². The summed E-state index contributed by atoms with van der Waals surface area (Å²) in [5.74, 6) is -0.697. The average Bonchev–Trinajstić information content (AvgIpc) is 3.00. The predicted molar refractivity (Wildman–Crippen MR) is 84.4 cm³/mol. The van der Waals surface area contributed by atoms with E-state index in [1.54, 1.807) is 43.0 Å². The number of hydrogen-bond donors (Lipinski definition) is 0. The van der Waals surface area contributed by atoms with Crippen LogP contribution in [0.25, 0.3) is 0 Å². The third kappa shape index (κ3) is 3.70. The lowest BCUT2D eigenvalue weighted by molar-refractivity contribution is -0.145. The summed E-state index contributed by atoms with van der Waals surface area (Å²) in [6, 6.07) is 5.73. The second kappa shape index (κ2) is 7.76. The molecule has 0 saturated carbocycles. The van der Waals surface area contributed by atoms with E-state index in [0.717, 1.165) is 6.29 Å². The Balaban J connectivity index is 2.31. The molecule has 0 radical (unpaired) electrons. The van der Waals surface area contributed by atoms with Gasteiger partial charge in [0.05, 0.1) is 13.2 Å². The van der Waals surface area contributed by atoms with Crippen LogP contribution in [-0.2, 0) is 19.1 Å². The number of aldehydes is 1. The van der Waals surface area contributed by atoms with Crippen LogP contribution in [0.3, 0.4) is 0 Å². The van der Waals surface area contributed by atoms with Crippen LogP contribution in [0.2, 0.25) is 0 Å². The zero-order valence-corrected chi connectivity index (χ0v) is 13.4. The highest BCUT2D eigenvalue weighted by molar-refractivity contribution is 5.88. The first-order chi connectivity index (χ1) is 11.1. The minimum atomic E-state index is -0.522. The zero-order valence-electron chi connectivity index (χ0n) is 13.4. The Kier molecular flexibility index (Phi) is 5.73. The molecule has 0 spiro atoms. The van der Waals surface area contributed by atoms with Gasteiger partial charge in [-0.3, -0.25) is 4.79 Å². The minimum absolute atomic E-state index is 0.289. The molecule has 23 heavy (non-hydrogen) atoms. The highest BCUT2D eigenvalue weighted by Crippen LogP contribution is 2.32. The fraction of sp³-hybridized carbons (Fsp3) is 0.471. The molecule has 124 valence electrons. The second-order valence-corrected chi connectivity index (χ2v) is 5.23. The fourth-order valence-electron chi connectivity index (χ4n) is 2.84. The van der Waals surface area contributed by atoms with E-state index in [1.165, 1.54) is 0 Å². The van der Waals surface area contributed by atoms with Gasteiger partial charge in [-0.25, -0.2) is 9.59 Å². The maximum Gasteiger partial charge on any atom is 0.328 e. The SMILES string of the molecule is CCOC(=O)[C@@H]1CC[C@@H](C(=O)OCC)N1c1ccc(C=O)cc1. The average molecular weight is 319 g/mol. The van der Waals surface area contributed by atoms with E-state index >= 15 is 0 Å². The van der Waals surface area contributed by atoms with Crippen molar-refractivity contribution in [1.82, 2.24) is 0 Å². The smallest absolute Gasteiger partial charge is 0.328 e. The maximum atomic E-state index is 12.2. The molecule has 0 bridgehead atoms.